The molecule has 0 aromatic carbocycles. The van der Waals surface area contributed by atoms with Gasteiger partial charge >= 0.3 is 0 Å². The van der Waals surface area contributed by atoms with E-state index in [0.717, 1.165) is 29.7 Å². The topological polar surface area (TPSA) is 52.0 Å². The first-order valence-corrected chi connectivity index (χ1v) is 6.87. The standard InChI is InChI=1S/C15H22N4/c1-10-7-15(14(8-16)12(3)18-10)17-9-11(2)19(4)13-5-6-13/h7,11,13H,5-6,9H2,1-4H3,(H,17,18). The van der Waals surface area contributed by atoms with Crippen LogP contribution in [-0.4, -0.2) is 35.6 Å². The van der Waals surface area contributed by atoms with Crippen molar-refractivity contribution < 1.29 is 0 Å². The SMILES string of the molecule is Cc1cc(NCC(C)N(C)C2CC2)c(C#N)c(C)n1. The molecule has 1 saturated carbocycles. The fourth-order valence-corrected chi connectivity index (χ4v) is 2.35. The Morgan fingerprint density at radius 1 is 1.53 bits per heavy atom. The lowest BCUT2D eigenvalue weighted by Gasteiger charge is -2.25. The number of anilines is 1. The molecule has 1 aromatic rings. The Bertz CT molecular complexity index is 500. The summed E-state index contributed by atoms with van der Waals surface area (Å²) in [6, 6.07) is 5.42. The molecule has 19 heavy (non-hydrogen) atoms. The molecule has 1 unspecified atom stereocenters. The molecule has 0 saturated heterocycles. The molecular formula is C15H22N4. The van der Waals surface area contributed by atoms with Gasteiger partial charge in [0.15, 0.2) is 0 Å². The lowest BCUT2D eigenvalue weighted by molar-refractivity contribution is 0.257. The van der Waals surface area contributed by atoms with Gasteiger partial charge in [0, 0.05) is 24.3 Å². The highest BCUT2D eigenvalue weighted by atomic mass is 15.2. The molecule has 102 valence electrons. The number of nitriles is 1. The fourth-order valence-electron chi connectivity index (χ4n) is 2.35. The molecule has 0 bridgehead atoms. The third-order valence-corrected chi connectivity index (χ3v) is 3.85. The number of hydrogen-bond acceptors (Lipinski definition) is 4. The lowest BCUT2D eigenvalue weighted by Crippen LogP contribution is -2.36. The molecule has 2 rings (SSSR count). The number of likely N-dealkylation sites (N-methyl/N-ethyl adjacent to an activating group) is 1. The highest BCUT2D eigenvalue weighted by Crippen LogP contribution is 2.27. The fraction of sp³-hybridized carbons (Fsp3) is 0.600. The van der Waals surface area contributed by atoms with E-state index in [9.17, 15) is 5.26 Å². The first kappa shape index (κ1) is 13.8. The summed E-state index contributed by atoms with van der Waals surface area (Å²) >= 11 is 0. The van der Waals surface area contributed by atoms with Crippen molar-refractivity contribution in [3.8, 4) is 6.07 Å². The summed E-state index contributed by atoms with van der Waals surface area (Å²) in [5.41, 5.74) is 3.31. The normalized spacial score (nSPS) is 16.2. The van der Waals surface area contributed by atoms with E-state index in [1.807, 2.05) is 19.9 Å². The monoisotopic (exact) mass is 258 g/mol. The molecule has 1 heterocycles. The van der Waals surface area contributed by atoms with Crippen molar-refractivity contribution in [3.63, 3.8) is 0 Å². The van der Waals surface area contributed by atoms with Gasteiger partial charge in [0.1, 0.15) is 6.07 Å². The summed E-state index contributed by atoms with van der Waals surface area (Å²) in [6.07, 6.45) is 2.63. The quantitative estimate of drug-likeness (QED) is 0.881. The van der Waals surface area contributed by atoms with Crippen LogP contribution in [0.2, 0.25) is 0 Å². The van der Waals surface area contributed by atoms with Crippen molar-refractivity contribution in [2.75, 3.05) is 18.9 Å². The van der Waals surface area contributed by atoms with Crippen LogP contribution in [0.3, 0.4) is 0 Å². The van der Waals surface area contributed by atoms with Gasteiger partial charge in [-0.15, -0.1) is 0 Å². The maximum Gasteiger partial charge on any atom is 0.103 e. The maximum atomic E-state index is 9.22. The van der Waals surface area contributed by atoms with Crippen LogP contribution in [0.5, 0.6) is 0 Å². The van der Waals surface area contributed by atoms with Gasteiger partial charge < -0.3 is 5.32 Å². The highest BCUT2D eigenvalue weighted by molar-refractivity contribution is 5.59. The summed E-state index contributed by atoms with van der Waals surface area (Å²) in [6.45, 7) is 6.92. The van der Waals surface area contributed by atoms with Crippen molar-refractivity contribution in [1.82, 2.24) is 9.88 Å². The summed E-state index contributed by atoms with van der Waals surface area (Å²) in [4.78, 5) is 6.75. The van der Waals surface area contributed by atoms with Crippen LogP contribution in [0, 0.1) is 25.2 Å². The highest BCUT2D eigenvalue weighted by Gasteiger charge is 2.28. The molecule has 4 heteroatoms. The predicted octanol–water partition coefficient (Wildman–Crippen LogP) is 2.46. The third-order valence-electron chi connectivity index (χ3n) is 3.85. The van der Waals surface area contributed by atoms with Gasteiger partial charge in [-0.2, -0.15) is 5.26 Å². The Hall–Kier alpha value is -1.60. The molecule has 4 nitrogen and oxygen atoms in total. The maximum absolute atomic E-state index is 9.22. The molecule has 0 amide bonds. The Morgan fingerprint density at radius 2 is 2.21 bits per heavy atom. The van der Waals surface area contributed by atoms with Crippen molar-refractivity contribution >= 4 is 5.69 Å². The van der Waals surface area contributed by atoms with Crippen molar-refractivity contribution in [3.05, 3.63) is 23.0 Å². The van der Waals surface area contributed by atoms with E-state index >= 15 is 0 Å². The Labute approximate surface area is 115 Å². The van der Waals surface area contributed by atoms with Crippen molar-refractivity contribution in [2.24, 2.45) is 0 Å². The van der Waals surface area contributed by atoms with Crippen molar-refractivity contribution in [1.29, 1.82) is 5.26 Å². The molecule has 1 N–H and O–H groups in total. The van der Waals surface area contributed by atoms with E-state index in [1.54, 1.807) is 0 Å². The lowest BCUT2D eigenvalue weighted by atomic mass is 10.1. The minimum absolute atomic E-state index is 0.466. The molecule has 0 spiro atoms. The molecule has 0 aliphatic heterocycles. The van der Waals surface area contributed by atoms with Crippen LogP contribution in [0.15, 0.2) is 6.07 Å². The summed E-state index contributed by atoms with van der Waals surface area (Å²) in [5.74, 6) is 0. The number of nitrogens with zero attached hydrogens (tertiary/aromatic N) is 3. The first-order valence-electron chi connectivity index (χ1n) is 6.87. The minimum atomic E-state index is 0.466. The Morgan fingerprint density at radius 3 is 2.79 bits per heavy atom. The van der Waals surface area contributed by atoms with Gasteiger partial charge in [0.25, 0.3) is 0 Å². The van der Waals surface area contributed by atoms with Crippen LogP contribution in [0.1, 0.15) is 36.7 Å². The van der Waals surface area contributed by atoms with Gasteiger partial charge in [-0.05, 0) is 46.7 Å². The van der Waals surface area contributed by atoms with Crippen molar-refractivity contribution in [2.45, 2.75) is 45.7 Å². The van der Waals surface area contributed by atoms with Crippen LogP contribution >= 0.6 is 0 Å². The third kappa shape index (κ3) is 3.24. The largest absolute Gasteiger partial charge is 0.382 e. The Balaban J connectivity index is 2.04. The number of nitrogens with one attached hydrogen (secondary N) is 1. The minimum Gasteiger partial charge on any atom is -0.382 e. The van der Waals surface area contributed by atoms with Gasteiger partial charge in [-0.3, -0.25) is 9.88 Å². The summed E-state index contributed by atoms with van der Waals surface area (Å²) in [5, 5.41) is 12.6. The number of aryl methyl sites for hydroxylation is 2. The molecule has 1 fully saturated rings. The zero-order valence-electron chi connectivity index (χ0n) is 12.2. The second-order valence-corrected chi connectivity index (χ2v) is 5.51. The first-order chi connectivity index (χ1) is 9.02. The number of pyridine rings is 1. The molecule has 1 aliphatic carbocycles. The molecule has 1 aliphatic rings. The van der Waals surface area contributed by atoms with Crippen LogP contribution in [0.4, 0.5) is 5.69 Å². The number of hydrogen-bond donors (Lipinski definition) is 1. The molecule has 0 radical (unpaired) electrons. The number of rotatable bonds is 5. The van der Waals surface area contributed by atoms with E-state index in [-0.39, 0.29) is 0 Å². The van der Waals surface area contributed by atoms with E-state index < -0.39 is 0 Å². The zero-order valence-corrected chi connectivity index (χ0v) is 12.2. The van der Waals surface area contributed by atoms with E-state index in [0.29, 0.717) is 11.6 Å². The van der Waals surface area contributed by atoms with Crippen LogP contribution < -0.4 is 5.32 Å². The van der Waals surface area contributed by atoms with Gasteiger partial charge in [0.05, 0.1) is 16.9 Å². The average molecular weight is 258 g/mol. The Kier molecular flexibility index (Phi) is 4.06. The van der Waals surface area contributed by atoms with Gasteiger partial charge in [-0.25, -0.2) is 0 Å². The molecular weight excluding hydrogens is 236 g/mol. The van der Waals surface area contributed by atoms with Crippen LogP contribution in [-0.2, 0) is 0 Å². The second-order valence-electron chi connectivity index (χ2n) is 5.51. The van der Waals surface area contributed by atoms with E-state index in [4.69, 9.17) is 0 Å². The molecule has 1 aromatic heterocycles. The summed E-state index contributed by atoms with van der Waals surface area (Å²) < 4.78 is 0. The smallest absolute Gasteiger partial charge is 0.103 e. The van der Waals surface area contributed by atoms with Gasteiger partial charge in [0.2, 0.25) is 0 Å². The van der Waals surface area contributed by atoms with Gasteiger partial charge in [-0.1, -0.05) is 0 Å². The molecule has 1 atom stereocenters. The number of aromatic nitrogens is 1. The summed E-state index contributed by atoms with van der Waals surface area (Å²) in [7, 11) is 2.18. The predicted molar refractivity (Wildman–Crippen MR) is 77.2 cm³/mol. The zero-order chi connectivity index (χ0) is 14.0. The average Bonchev–Trinajstić information content (AvgIpc) is 3.18. The van der Waals surface area contributed by atoms with Crippen LogP contribution in [0.25, 0.3) is 0 Å². The van der Waals surface area contributed by atoms with E-state index in [2.05, 4.69) is 35.2 Å². The van der Waals surface area contributed by atoms with E-state index in [1.165, 1.54) is 12.8 Å². The second kappa shape index (κ2) is 5.58.